The number of aliphatic hydroxyl groups is 1. The van der Waals surface area contributed by atoms with Crippen LogP contribution in [-0.2, 0) is 5.41 Å². The maximum Gasteiger partial charge on any atom is 0.0741 e. The molecule has 0 saturated carbocycles. The van der Waals surface area contributed by atoms with Gasteiger partial charge in [0.05, 0.1) is 12.1 Å². The van der Waals surface area contributed by atoms with Crippen LogP contribution in [0.3, 0.4) is 0 Å². The summed E-state index contributed by atoms with van der Waals surface area (Å²) < 4.78 is 0. The number of rotatable bonds is 0. The van der Waals surface area contributed by atoms with E-state index in [1.807, 2.05) is 18.2 Å². The van der Waals surface area contributed by atoms with Crippen LogP contribution in [0, 0.1) is 0 Å². The van der Waals surface area contributed by atoms with Crippen molar-refractivity contribution in [3.8, 4) is 0 Å². The van der Waals surface area contributed by atoms with Gasteiger partial charge in [-0.25, -0.2) is 0 Å². The summed E-state index contributed by atoms with van der Waals surface area (Å²) in [5, 5.41) is 9.84. The molecule has 2 atom stereocenters. The molecule has 0 heterocycles. The van der Waals surface area contributed by atoms with Crippen molar-refractivity contribution in [3.63, 3.8) is 0 Å². The van der Waals surface area contributed by atoms with Crippen LogP contribution in [0.2, 0.25) is 0 Å². The Morgan fingerprint density at radius 2 is 2.00 bits per heavy atom. The summed E-state index contributed by atoms with van der Waals surface area (Å²) in [6, 6.07) is 7.92. The van der Waals surface area contributed by atoms with Gasteiger partial charge in [-0.05, 0) is 23.0 Å². The van der Waals surface area contributed by atoms with Crippen molar-refractivity contribution in [2.45, 2.75) is 37.8 Å². The molecule has 2 nitrogen and oxygen atoms in total. The second kappa shape index (κ2) is 3.07. The fourth-order valence-electron chi connectivity index (χ4n) is 2.37. The standard InChI is InChI=1S/C12H17NO/c1-12(2)7-10(14)11(13)8-5-3-4-6-9(8)12/h3-6,10-11,14H,7,13H2,1-2H3/t10-,11-/m1/s1. The molecule has 2 rings (SSSR count). The minimum Gasteiger partial charge on any atom is -0.391 e. The minimum atomic E-state index is -0.417. The Balaban J connectivity index is 2.56. The summed E-state index contributed by atoms with van der Waals surface area (Å²) in [4.78, 5) is 0. The molecule has 0 amide bonds. The lowest BCUT2D eigenvalue weighted by molar-refractivity contribution is 0.0995. The Morgan fingerprint density at radius 1 is 1.36 bits per heavy atom. The van der Waals surface area contributed by atoms with Crippen LogP contribution in [0.1, 0.15) is 37.4 Å². The molecule has 0 unspecified atom stereocenters. The molecule has 0 radical (unpaired) electrons. The zero-order valence-corrected chi connectivity index (χ0v) is 8.70. The van der Waals surface area contributed by atoms with Crippen LogP contribution >= 0.6 is 0 Å². The van der Waals surface area contributed by atoms with E-state index in [4.69, 9.17) is 5.73 Å². The van der Waals surface area contributed by atoms with Gasteiger partial charge >= 0.3 is 0 Å². The van der Waals surface area contributed by atoms with Crippen LogP contribution in [0.5, 0.6) is 0 Å². The Labute approximate surface area is 84.7 Å². The van der Waals surface area contributed by atoms with E-state index in [0.717, 1.165) is 12.0 Å². The molecule has 0 fully saturated rings. The first kappa shape index (κ1) is 9.69. The van der Waals surface area contributed by atoms with Gasteiger partial charge in [-0.1, -0.05) is 38.1 Å². The lowest BCUT2D eigenvalue weighted by atomic mass is 9.70. The predicted molar refractivity (Wildman–Crippen MR) is 57.0 cm³/mol. The smallest absolute Gasteiger partial charge is 0.0741 e. The van der Waals surface area contributed by atoms with Gasteiger partial charge in [-0.3, -0.25) is 0 Å². The van der Waals surface area contributed by atoms with Crippen LogP contribution in [-0.4, -0.2) is 11.2 Å². The van der Waals surface area contributed by atoms with E-state index in [1.54, 1.807) is 0 Å². The van der Waals surface area contributed by atoms with Gasteiger partial charge in [0.1, 0.15) is 0 Å². The topological polar surface area (TPSA) is 46.2 Å². The van der Waals surface area contributed by atoms with Crippen LogP contribution < -0.4 is 5.73 Å². The molecule has 1 aromatic rings. The van der Waals surface area contributed by atoms with Crippen molar-refractivity contribution < 1.29 is 5.11 Å². The lowest BCUT2D eigenvalue weighted by Gasteiger charge is -2.38. The molecule has 0 aromatic heterocycles. The molecule has 1 aliphatic carbocycles. The molecule has 1 aliphatic rings. The fourth-order valence-corrected chi connectivity index (χ4v) is 2.37. The predicted octanol–water partition coefficient (Wildman–Crippen LogP) is 1.73. The molecule has 2 heteroatoms. The minimum absolute atomic E-state index is 0.0336. The normalized spacial score (nSPS) is 29.7. The molecule has 0 saturated heterocycles. The van der Waals surface area contributed by atoms with Gasteiger partial charge in [0.25, 0.3) is 0 Å². The summed E-state index contributed by atoms with van der Waals surface area (Å²) in [6.45, 7) is 4.31. The van der Waals surface area contributed by atoms with Crippen LogP contribution in [0.4, 0.5) is 0 Å². The molecular formula is C12H17NO. The Hall–Kier alpha value is -0.860. The average Bonchev–Trinajstić information content (AvgIpc) is 2.14. The van der Waals surface area contributed by atoms with Gasteiger partial charge in [0, 0.05) is 0 Å². The van der Waals surface area contributed by atoms with Gasteiger partial charge < -0.3 is 10.8 Å². The average molecular weight is 191 g/mol. The summed E-state index contributed by atoms with van der Waals surface area (Å²) in [5.74, 6) is 0. The van der Waals surface area contributed by atoms with E-state index in [2.05, 4.69) is 19.9 Å². The number of benzene rings is 1. The zero-order chi connectivity index (χ0) is 10.3. The van der Waals surface area contributed by atoms with Gasteiger partial charge in [-0.15, -0.1) is 0 Å². The van der Waals surface area contributed by atoms with Crippen molar-refractivity contribution >= 4 is 0 Å². The molecule has 0 bridgehead atoms. The maximum atomic E-state index is 9.84. The Kier molecular flexibility index (Phi) is 2.13. The molecule has 1 aromatic carbocycles. The SMILES string of the molecule is CC1(C)C[C@@H](O)[C@H](N)c2ccccc21. The molecule has 0 spiro atoms. The third-order valence-electron chi connectivity index (χ3n) is 3.18. The highest BCUT2D eigenvalue weighted by atomic mass is 16.3. The quantitative estimate of drug-likeness (QED) is 0.656. The largest absolute Gasteiger partial charge is 0.391 e. The van der Waals surface area contributed by atoms with E-state index in [0.29, 0.717) is 0 Å². The van der Waals surface area contributed by atoms with E-state index >= 15 is 0 Å². The molecule has 14 heavy (non-hydrogen) atoms. The van der Waals surface area contributed by atoms with Gasteiger partial charge in [-0.2, -0.15) is 0 Å². The number of hydrogen-bond acceptors (Lipinski definition) is 2. The van der Waals surface area contributed by atoms with Crippen molar-refractivity contribution in [2.24, 2.45) is 5.73 Å². The second-order valence-corrected chi connectivity index (χ2v) is 4.77. The number of nitrogens with two attached hydrogens (primary N) is 1. The lowest BCUT2D eigenvalue weighted by Crippen LogP contribution is -2.39. The Morgan fingerprint density at radius 3 is 2.71 bits per heavy atom. The van der Waals surface area contributed by atoms with E-state index in [9.17, 15) is 5.11 Å². The number of aliphatic hydroxyl groups excluding tert-OH is 1. The zero-order valence-electron chi connectivity index (χ0n) is 8.70. The first-order valence-electron chi connectivity index (χ1n) is 5.05. The van der Waals surface area contributed by atoms with E-state index < -0.39 is 6.10 Å². The monoisotopic (exact) mass is 191 g/mol. The van der Waals surface area contributed by atoms with Crippen molar-refractivity contribution in [3.05, 3.63) is 35.4 Å². The second-order valence-electron chi connectivity index (χ2n) is 4.77. The summed E-state index contributed by atoms with van der Waals surface area (Å²) in [6.07, 6.45) is 0.324. The van der Waals surface area contributed by atoms with E-state index in [-0.39, 0.29) is 11.5 Å². The summed E-state index contributed by atoms with van der Waals surface area (Å²) in [5.41, 5.74) is 8.36. The van der Waals surface area contributed by atoms with Crippen LogP contribution in [0.25, 0.3) is 0 Å². The van der Waals surface area contributed by atoms with Gasteiger partial charge in [0.2, 0.25) is 0 Å². The highest BCUT2D eigenvalue weighted by Gasteiger charge is 2.36. The van der Waals surface area contributed by atoms with Gasteiger partial charge in [0.15, 0.2) is 0 Å². The van der Waals surface area contributed by atoms with Crippen molar-refractivity contribution in [1.29, 1.82) is 0 Å². The first-order valence-corrected chi connectivity index (χ1v) is 5.05. The molecule has 76 valence electrons. The summed E-state index contributed by atoms with van der Waals surface area (Å²) in [7, 11) is 0. The molecule has 0 aliphatic heterocycles. The maximum absolute atomic E-state index is 9.84. The molecule has 3 N–H and O–H groups in total. The van der Waals surface area contributed by atoms with Crippen molar-refractivity contribution in [2.75, 3.05) is 0 Å². The van der Waals surface area contributed by atoms with E-state index in [1.165, 1.54) is 5.56 Å². The number of fused-ring (bicyclic) bond motifs is 1. The molecular weight excluding hydrogens is 174 g/mol. The number of hydrogen-bond donors (Lipinski definition) is 2. The van der Waals surface area contributed by atoms with Crippen LogP contribution in [0.15, 0.2) is 24.3 Å². The highest BCUT2D eigenvalue weighted by Crippen LogP contribution is 2.40. The third-order valence-corrected chi connectivity index (χ3v) is 3.18. The summed E-state index contributed by atoms with van der Waals surface area (Å²) >= 11 is 0. The highest BCUT2D eigenvalue weighted by molar-refractivity contribution is 5.38. The van der Waals surface area contributed by atoms with Crippen molar-refractivity contribution in [1.82, 2.24) is 0 Å². The first-order chi connectivity index (χ1) is 6.52. The Bertz CT molecular complexity index is 346. The fraction of sp³-hybridized carbons (Fsp3) is 0.500. The third kappa shape index (κ3) is 1.35.